The molecule has 4 heteroatoms. The fourth-order valence-corrected chi connectivity index (χ4v) is 5.71. The number of nitrogens with one attached hydrogen (secondary N) is 1. The van der Waals surface area contributed by atoms with Gasteiger partial charge in [-0.25, -0.2) is 0 Å². The summed E-state index contributed by atoms with van der Waals surface area (Å²) in [7, 11) is 0. The third-order valence-corrected chi connectivity index (χ3v) is 8.69. The van der Waals surface area contributed by atoms with Crippen LogP contribution in [-0.2, 0) is 4.79 Å². The van der Waals surface area contributed by atoms with Gasteiger partial charge in [-0.2, -0.15) is 0 Å². The minimum absolute atomic E-state index is 0.0751. The summed E-state index contributed by atoms with van der Waals surface area (Å²) in [5, 5.41) is 22.7. The maximum Gasteiger partial charge on any atom is 0.220 e. The molecule has 2 atom stereocenters. The Balaban J connectivity index is 3.47. The molecule has 0 heterocycles. The molecule has 0 radical (unpaired) electrons. The van der Waals surface area contributed by atoms with Crippen LogP contribution in [0.15, 0.2) is 24.3 Å². The van der Waals surface area contributed by atoms with Gasteiger partial charge >= 0.3 is 0 Å². The molecule has 4 nitrogen and oxygen atoms in total. The van der Waals surface area contributed by atoms with Crippen LogP contribution in [-0.4, -0.2) is 34.9 Å². The second-order valence-electron chi connectivity index (χ2n) is 13.0. The molecule has 254 valence electrons. The van der Waals surface area contributed by atoms with E-state index in [1.54, 1.807) is 6.08 Å². The number of rotatable bonds is 34. The first-order valence-electron chi connectivity index (χ1n) is 19.1. The summed E-state index contributed by atoms with van der Waals surface area (Å²) < 4.78 is 0. The molecule has 0 saturated carbocycles. The van der Waals surface area contributed by atoms with E-state index in [4.69, 9.17) is 0 Å². The Morgan fingerprint density at radius 1 is 0.535 bits per heavy atom. The zero-order valence-corrected chi connectivity index (χ0v) is 29.0. The molecule has 0 aliphatic rings. The number of carbonyl (C=O) groups is 1. The van der Waals surface area contributed by atoms with E-state index < -0.39 is 12.1 Å². The van der Waals surface area contributed by atoms with Crippen LogP contribution in [0.2, 0.25) is 0 Å². The van der Waals surface area contributed by atoms with Gasteiger partial charge in [-0.3, -0.25) is 4.79 Å². The van der Waals surface area contributed by atoms with Gasteiger partial charge in [0.25, 0.3) is 0 Å². The van der Waals surface area contributed by atoms with Crippen molar-refractivity contribution >= 4 is 5.91 Å². The van der Waals surface area contributed by atoms with Gasteiger partial charge in [0.15, 0.2) is 0 Å². The van der Waals surface area contributed by atoms with E-state index in [0.29, 0.717) is 6.42 Å². The van der Waals surface area contributed by atoms with Crippen molar-refractivity contribution in [1.29, 1.82) is 0 Å². The number of amides is 1. The molecule has 43 heavy (non-hydrogen) atoms. The Labute approximate surface area is 269 Å². The van der Waals surface area contributed by atoms with Crippen molar-refractivity contribution < 1.29 is 15.0 Å². The average Bonchev–Trinajstić information content (AvgIpc) is 3.01. The minimum atomic E-state index is -0.854. The molecular formula is C39H75NO3. The normalized spacial score (nSPS) is 13.3. The minimum Gasteiger partial charge on any atom is -0.394 e. The number of aliphatic hydroxyl groups is 2. The number of aliphatic hydroxyl groups excluding tert-OH is 2. The van der Waals surface area contributed by atoms with Gasteiger partial charge in [-0.1, -0.05) is 192 Å². The molecule has 0 aromatic heterocycles. The highest BCUT2D eigenvalue weighted by atomic mass is 16.3. The van der Waals surface area contributed by atoms with Crippen LogP contribution in [0, 0.1) is 0 Å². The molecule has 0 rings (SSSR count). The van der Waals surface area contributed by atoms with Gasteiger partial charge in [-0.15, -0.1) is 0 Å². The highest BCUT2D eigenvalue weighted by Gasteiger charge is 2.17. The third kappa shape index (κ3) is 32.1. The number of hydrogen-bond acceptors (Lipinski definition) is 3. The predicted octanol–water partition coefficient (Wildman–Crippen LogP) is 11.3. The van der Waals surface area contributed by atoms with Crippen molar-refractivity contribution in [3.05, 3.63) is 24.3 Å². The van der Waals surface area contributed by atoms with Crippen LogP contribution < -0.4 is 5.32 Å². The highest BCUT2D eigenvalue weighted by Crippen LogP contribution is 2.15. The lowest BCUT2D eigenvalue weighted by molar-refractivity contribution is -0.123. The summed E-state index contributed by atoms with van der Waals surface area (Å²) in [6, 6.07) is -0.631. The van der Waals surface area contributed by atoms with E-state index in [1.165, 1.54) is 148 Å². The highest BCUT2D eigenvalue weighted by molar-refractivity contribution is 5.76. The maximum atomic E-state index is 12.3. The third-order valence-electron chi connectivity index (χ3n) is 8.69. The second-order valence-corrected chi connectivity index (χ2v) is 13.0. The number of hydrogen-bond donors (Lipinski definition) is 3. The van der Waals surface area contributed by atoms with E-state index in [0.717, 1.165) is 32.1 Å². The van der Waals surface area contributed by atoms with Gasteiger partial charge in [0.2, 0.25) is 5.91 Å². The van der Waals surface area contributed by atoms with Crippen LogP contribution >= 0.6 is 0 Å². The Kier molecular flexibility index (Phi) is 34.4. The molecule has 0 saturated heterocycles. The quantitative estimate of drug-likeness (QED) is 0.0505. The second kappa shape index (κ2) is 35.4. The van der Waals surface area contributed by atoms with Gasteiger partial charge in [0, 0.05) is 6.42 Å². The Morgan fingerprint density at radius 3 is 1.33 bits per heavy atom. The molecule has 1 amide bonds. The average molecular weight is 606 g/mol. The standard InChI is InChI=1S/C39H75NO3/c1-3-5-7-9-11-13-14-15-16-17-18-19-20-21-22-23-24-25-26-27-29-31-33-35-39(43)40-37(36-41)38(42)34-32-30-28-12-10-8-6-4-2/h10,12,32,34,37-38,41-42H,3-9,11,13-31,33,35-36H2,1-2H3,(H,40,43)/b12-10+,34-32+. The van der Waals surface area contributed by atoms with Gasteiger partial charge in [0.1, 0.15) is 0 Å². The molecule has 0 aliphatic carbocycles. The van der Waals surface area contributed by atoms with Gasteiger partial charge in [-0.05, 0) is 25.7 Å². The zero-order valence-electron chi connectivity index (χ0n) is 29.0. The topological polar surface area (TPSA) is 69.6 Å². The van der Waals surface area contributed by atoms with Crippen molar-refractivity contribution in [3.8, 4) is 0 Å². The van der Waals surface area contributed by atoms with Crippen LogP contribution in [0.25, 0.3) is 0 Å². The fourth-order valence-electron chi connectivity index (χ4n) is 5.71. The summed E-state index contributed by atoms with van der Waals surface area (Å²) in [5.41, 5.74) is 0. The zero-order chi connectivity index (χ0) is 31.5. The Hall–Kier alpha value is -1.13. The summed E-state index contributed by atoms with van der Waals surface area (Å²) in [4.78, 5) is 12.3. The van der Waals surface area contributed by atoms with Crippen LogP contribution in [0.3, 0.4) is 0 Å². The number of allylic oxidation sites excluding steroid dienone is 3. The Bertz CT molecular complexity index is 618. The van der Waals surface area contributed by atoms with E-state index >= 15 is 0 Å². The van der Waals surface area contributed by atoms with Crippen molar-refractivity contribution in [2.24, 2.45) is 0 Å². The van der Waals surface area contributed by atoms with E-state index in [9.17, 15) is 15.0 Å². The van der Waals surface area contributed by atoms with Crippen LogP contribution in [0.4, 0.5) is 0 Å². The first-order chi connectivity index (χ1) is 21.2. The van der Waals surface area contributed by atoms with Gasteiger partial charge < -0.3 is 15.5 Å². The molecule has 0 fully saturated rings. The molecule has 0 bridgehead atoms. The maximum absolute atomic E-state index is 12.3. The van der Waals surface area contributed by atoms with Crippen molar-refractivity contribution in [2.75, 3.05) is 6.61 Å². The molecule has 0 aromatic rings. The molecule has 0 aromatic carbocycles. The lowest BCUT2D eigenvalue weighted by atomic mass is 10.0. The molecule has 0 aliphatic heterocycles. The van der Waals surface area contributed by atoms with Crippen molar-refractivity contribution in [1.82, 2.24) is 5.32 Å². The number of unbranched alkanes of at least 4 members (excludes halogenated alkanes) is 25. The smallest absolute Gasteiger partial charge is 0.220 e. The van der Waals surface area contributed by atoms with E-state index in [2.05, 4.69) is 31.3 Å². The van der Waals surface area contributed by atoms with Gasteiger partial charge in [0.05, 0.1) is 18.8 Å². The Morgan fingerprint density at radius 2 is 0.907 bits per heavy atom. The summed E-state index contributed by atoms with van der Waals surface area (Å²) in [6.07, 6.45) is 44.3. The van der Waals surface area contributed by atoms with E-state index in [1.807, 2.05) is 6.08 Å². The monoisotopic (exact) mass is 606 g/mol. The van der Waals surface area contributed by atoms with Crippen LogP contribution in [0.5, 0.6) is 0 Å². The first-order valence-corrected chi connectivity index (χ1v) is 19.1. The first kappa shape index (κ1) is 41.9. The summed E-state index contributed by atoms with van der Waals surface area (Å²) >= 11 is 0. The predicted molar refractivity (Wildman–Crippen MR) is 189 cm³/mol. The SMILES string of the molecule is CCCC/C=C/CC/C=C/C(O)C(CO)NC(=O)CCCCCCCCCCCCCCCCCCCCCCCCC. The molecule has 3 N–H and O–H groups in total. The van der Waals surface area contributed by atoms with Crippen molar-refractivity contribution in [3.63, 3.8) is 0 Å². The molecule has 0 spiro atoms. The largest absolute Gasteiger partial charge is 0.394 e. The summed E-state index contributed by atoms with van der Waals surface area (Å²) in [6.45, 7) is 4.23. The summed E-state index contributed by atoms with van der Waals surface area (Å²) in [5.74, 6) is -0.0751. The number of carbonyl (C=O) groups excluding carboxylic acids is 1. The lowest BCUT2D eigenvalue weighted by Crippen LogP contribution is -2.45. The fraction of sp³-hybridized carbons (Fsp3) is 0.872. The lowest BCUT2D eigenvalue weighted by Gasteiger charge is -2.19. The molecule has 2 unspecified atom stereocenters. The van der Waals surface area contributed by atoms with Crippen molar-refractivity contribution in [2.45, 2.75) is 212 Å². The molecular weight excluding hydrogens is 530 g/mol. The van der Waals surface area contributed by atoms with E-state index in [-0.39, 0.29) is 12.5 Å². The van der Waals surface area contributed by atoms with Crippen LogP contribution in [0.1, 0.15) is 200 Å².